The molecule has 20 heavy (non-hydrogen) atoms. The minimum Gasteiger partial charge on any atom is -0.103 e. The molecule has 0 saturated carbocycles. The monoisotopic (exact) mass is 259 g/mol. The third kappa shape index (κ3) is 4.14. The van der Waals surface area contributed by atoms with Gasteiger partial charge in [0.15, 0.2) is 0 Å². The first-order valence-corrected chi connectivity index (χ1v) is 7.03. The molecule has 0 atom stereocenters. The fraction of sp³-hybridized carbons (Fsp3) is 0.200. The van der Waals surface area contributed by atoms with E-state index in [4.69, 9.17) is 0 Å². The Morgan fingerprint density at radius 3 is 2.50 bits per heavy atom. The second-order valence-corrected chi connectivity index (χ2v) is 4.76. The molecule has 0 nitrogen and oxygen atoms in total. The molecule has 99 valence electrons. The molecular formula is C20H19. The summed E-state index contributed by atoms with van der Waals surface area (Å²) in [5.41, 5.74) is 4.68. The van der Waals surface area contributed by atoms with Crippen LogP contribution in [0.15, 0.2) is 55.1 Å². The van der Waals surface area contributed by atoms with Crippen LogP contribution in [0.3, 0.4) is 0 Å². The number of allylic oxidation sites excluding steroid dienone is 1. The van der Waals surface area contributed by atoms with Crippen LogP contribution in [0.25, 0.3) is 0 Å². The zero-order valence-electron chi connectivity index (χ0n) is 11.9. The van der Waals surface area contributed by atoms with Crippen molar-refractivity contribution in [2.75, 3.05) is 0 Å². The molecule has 2 aromatic carbocycles. The fourth-order valence-electron chi connectivity index (χ4n) is 1.97. The normalized spacial score (nSPS) is 9.65. The van der Waals surface area contributed by atoms with Gasteiger partial charge in [0.25, 0.3) is 0 Å². The summed E-state index contributed by atoms with van der Waals surface area (Å²) in [4.78, 5) is 0. The summed E-state index contributed by atoms with van der Waals surface area (Å²) >= 11 is 0. The van der Waals surface area contributed by atoms with Crippen molar-refractivity contribution >= 4 is 0 Å². The summed E-state index contributed by atoms with van der Waals surface area (Å²) in [7, 11) is 0. The van der Waals surface area contributed by atoms with Crippen molar-refractivity contribution in [2.45, 2.75) is 26.2 Å². The van der Waals surface area contributed by atoms with E-state index < -0.39 is 0 Å². The molecule has 0 aliphatic heterocycles. The second kappa shape index (κ2) is 7.36. The third-order valence-corrected chi connectivity index (χ3v) is 3.20. The van der Waals surface area contributed by atoms with Crippen LogP contribution in [0, 0.1) is 17.9 Å². The molecule has 0 amide bonds. The Kier molecular flexibility index (Phi) is 5.21. The average Bonchev–Trinajstić information content (AvgIpc) is 2.52. The van der Waals surface area contributed by atoms with E-state index in [1.807, 2.05) is 18.2 Å². The van der Waals surface area contributed by atoms with Gasteiger partial charge in [-0.2, -0.15) is 0 Å². The van der Waals surface area contributed by atoms with E-state index in [0.29, 0.717) is 0 Å². The Balaban J connectivity index is 2.09. The number of rotatable bonds is 4. The molecule has 2 rings (SSSR count). The quantitative estimate of drug-likeness (QED) is 0.557. The van der Waals surface area contributed by atoms with Crippen LogP contribution in [-0.2, 0) is 12.8 Å². The van der Waals surface area contributed by atoms with Crippen LogP contribution in [0.1, 0.15) is 35.6 Å². The van der Waals surface area contributed by atoms with Gasteiger partial charge in [0, 0.05) is 11.1 Å². The van der Waals surface area contributed by atoms with Crippen LogP contribution in [-0.4, -0.2) is 0 Å². The van der Waals surface area contributed by atoms with Crippen LogP contribution >= 0.6 is 0 Å². The van der Waals surface area contributed by atoms with Gasteiger partial charge in [0.1, 0.15) is 0 Å². The van der Waals surface area contributed by atoms with Crippen LogP contribution < -0.4 is 0 Å². The predicted octanol–water partition coefficient (Wildman–Crippen LogP) is 4.57. The van der Waals surface area contributed by atoms with Crippen molar-refractivity contribution in [3.63, 3.8) is 0 Å². The van der Waals surface area contributed by atoms with Gasteiger partial charge in [-0.3, -0.25) is 0 Å². The van der Waals surface area contributed by atoms with E-state index in [0.717, 1.165) is 30.4 Å². The van der Waals surface area contributed by atoms with Crippen molar-refractivity contribution < 1.29 is 0 Å². The molecule has 0 N–H and O–H groups in total. The molecule has 0 heterocycles. The van der Waals surface area contributed by atoms with Crippen molar-refractivity contribution in [1.29, 1.82) is 0 Å². The maximum atomic E-state index is 3.75. The molecule has 0 bridgehead atoms. The second-order valence-electron chi connectivity index (χ2n) is 4.76. The largest absolute Gasteiger partial charge is 0.103 e. The van der Waals surface area contributed by atoms with Gasteiger partial charge < -0.3 is 0 Å². The molecule has 0 spiro atoms. The number of hydrogen-bond donors (Lipinski definition) is 0. The van der Waals surface area contributed by atoms with Gasteiger partial charge in [0.05, 0.1) is 0 Å². The highest BCUT2D eigenvalue weighted by Crippen LogP contribution is 2.07. The zero-order chi connectivity index (χ0) is 14.2. The lowest BCUT2D eigenvalue weighted by atomic mass is 10.1. The Hall–Kier alpha value is -2.26. The lowest BCUT2D eigenvalue weighted by Crippen LogP contribution is -1.84. The highest BCUT2D eigenvalue weighted by molar-refractivity contribution is 5.44. The Labute approximate surface area is 122 Å². The minimum absolute atomic E-state index is 1.02. The molecule has 1 radical (unpaired) electrons. The molecule has 0 aromatic heterocycles. The van der Waals surface area contributed by atoms with Crippen LogP contribution in [0.5, 0.6) is 0 Å². The molecule has 0 aliphatic carbocycles. The zero-order valence-corrected chi connectivity index (χ0v) is 11.9. The molecule has 0 unspecified atom stereocenters. The molecule has 0 aliphatic rings. The van der Waals surface area contributed by atoms with E-state index in [1.54, 1.807) is 0 Å². The Morgan fingerprint density at radius 1 is 1.05 bits per heavy atom. The predicted molar refractivity (Wildman–Crippen MR) is 85.6 cm³/mol. The SMILES string of the molecule is C=CCCc1ccc(C#Cc2c[c]cc(CC)c2)cc1. The smallest absolute Gasteiger partial charge is 0.0257 e. The van der Waals surface area contributed by atoms with E-state index in [2.05, 4.69) is 61.7 Å². The standard InChI is InChI=1S/C20H19/c1-3-5-7-18-10-12-19(13-11-18)14-15-20-9-6-8-17(4-2)16-20/h3,8-13,16H,1,4-5,7H2,2H3. The van der Waals surface area contributed by atoms with Gasteiger partial charge in [-0.1, -0.05) is 43.0 Å². The van der Waals surface area contributed by atoms with E-state index in [9.17, 15) is 0 Å². The third-order valence-electron chi connectivity index (χ3n) is 3.20. The summed E-state index contributed by atoms with van der Waals surface area (Å²) < 4.78 is 0. The fourth-order valence-corrected chi connectivity index (χ4v) is 1.97. The lowest BCUT2D eigenvalue weighted by molar-refractivity contribution is 1.00. The Morgan fingerprint density at radius 2 is 1.80 bits per heavy atom. The summed E-state index contributed by atoms with van der Waals surface area (Å²) in [5, 5.41) is 0. The first-order chi connectivity index (χ1) is 9.81. The minimum atomic E-state index is 1.02. The van der Waals surface area contributed by atoms with Gasteiger partial charge in [-0.25, -0.2) is 0 Å². The highest BCUT2D eigenvalue weighted by Gasteiger charge is 1.93. The van der Waals surface area contributed by atoms with E-state index in [1.165, 1.54) is 11.1 Å². The molecular weight excluding hydrogens is 240 g/mol. The van der Waals surface area contributed by atoms with Gasteiger partial charge in [-0.05, 0) is 60.7 Å². The lowest BCUT2D eigenvalue weighted by Gasteiger charge is -1.98. The van der Waals surface area contributed by atoms with Crippen LogP contribution in [0.2, 0.25) is 0 Å². The topological polar surface area (TPSA) is 0 Å². The number of benzene rings is 2. The van der Waals surface area contributed by atoms with Gasteiger partial charge in [0.2, 0.25) is 0 Å². The maximum Gasteiger partial charge on any atom is 0.0257 e. The van der Waals surface area contributed by atoms with Gasteiger partial charge in [-0.15, -0.1) is 6.58 Å². The van der Waals surface area contributed by atoms with Gasteiger partial charge >= 0.3 is 0 Å². The Bertz CT molecular complexity index is 621. The summed E-state index contributed by atoms with van der Waals surface area (Å²) in [6.07, 6.45) is 5.03. The first-order valence-electron chi connectivity index (χ1n) is 7.03. The summed E-state index contributed by atoms with van der Waals surface area (Å²) in [6, 6.07) is 17.7. The number of aryl methyl sites for hydroxylation is 2. The first kappa shape index (κ1) is 14.2. The van der Waals surface area contributed by atoms with Crippen molar-refractivity contribution in [2.24, 2.45) is 0 Å². The van der Waals surface area contributed by atoms with Crippen LogP contribution in [0.4, 0.5) is 0 Å². The van der Waals surface area contributed by atoms with Crippen molar-refractivity contribution in [3.8, 4) is 11.8 Å². The molecule has 0 heteroatoms. The molecule has 0 saturated heterocycles. The van der Waals surface area contributed by atoms with Crippen molar-refractivity contribution in [3.05, 3.63) is 83.4 Å². The highest BCUT2D eigenvalue weighted by atomic mass is 14.0. The summed E-state index contributed by atoms with van der Waals surface area (Å²) in [5.74, 6) is 6.41. The van der Waals surface area contributed by atoms with Crippen molar-refractivity contribution in [1.82, 2.24) is 0 Å². The molecule has 0 fully saturated rings. The average molecular weight is 259 g/mol. The maximum absolute atomic E-state index is 3.75. The molecule has 2 aromatic rings. The van der Waals surface area contributed by atoms with E-state index >= 15 is 0 Å². The summed E-state index contributed by atoms with van der Waals surface area (Å²) in [6.45, 7) is 5.89. The number of hydrogen-bond acceptors (Lipinski definition) is 0. The van der Waals surface area contributed by atoms with E-state index in [-0.39, 0.29) is 0 Å².